The number of benzene rings is 2. The molecule has 28 heavy (non-hydrogen) atoms. The summed E-state index contributed by atoms with van der Waals surface area (Å²) in [5, 5.41) is 9.07. The van der Waals surface area contributed by atoms with Crippen molar-refractivity contribution < 1.29 is 9.59 Å². The van der Waals surface area contributed by atoms with Crippen LogP contribution in [0.25, 0.3) is 0 Å². The lowest BCUT2D eigenvalue weighted by atomic mass is 10.2. The molecule has 5 N–H and O–H groups in total. The fourth-order valence-corrected chi connectivity index (χ4v) is 2.77. The van der Waals surface area contributed by atoms with Gasteiger partial charge in [0.25, 0.3) is 5.91 Å². The van der Waals surface area contributed by atoms with Gasteiger partial charge in [0.2, 0.25) is 5.91 Å². The molecule has 0 spiro atoms. The summed E-state index contributed by atoms with van der Waals surface area (Å²) in [6.07, 6.45) is 2.01. The Morgan fingerprint density at radius 3 is 2.18 bits per heavy atom. The highest BCUT2D eigenvalue weighted by Crippen LogP contribution is 2.22. The minimum Gasteiger partial charge on any atom is -0.332 e. The molecule has 0 unspecified atom stereocenters. The van der Waals surface area contributed by atoms with E-state index in [2.05, 4.69) is 16.0 Å². The van der Waals surface area contributed by atoms with Gasteiger partial charge in [-0.2, -0.15) is 0 Å². The third kappa shape index (κ3) is 7.09. The first kappa shape index (κ1) is 22.1. The highest BCUT2D eigenvalue weighted by atomic mass is 35.5. The van der Waals surface area contributed by atoms with Crippen LogP contribution in [-0.2, 0) is 4.79 Å². The predicted molar refractivity (Wildman–Crippen MR) is 118 cm³/mol. The number of rotatable bonds is 7. The van der Waals surface area contributed by atoms with Crippen molar-refractivity contribution in [3.05, 3.63) is 58.1 Å². The summed E-state index contributed by atoms with van der Waals surface area (Å²) in [6.45, 7) is 0.579. The van der Waals surface area contributed by atoms with Crippen molar-refractivity contribution in [3.8, 4) is 0 Å². The Kier molecular flexibility index (Phi) is 8.66. The minimum absolute atomic E-state index is 0.0569. The predicted octanol–water partition coefficient (Wildman–Crippen LogP) is 4.19. The van der Waals surface area contributed by atoms with Crippen LogP contribution >= 0.6 is 35.4 Å². The maximum Gasteiger partial charge on any atom is 0.257 e. The smallest absolute Gasteiger partial charge is 0.257 e. The molecule has 2 amide bonds. The molecule has 148 valence electrons. The molecule has 0 aliphatic carbocycles. The van der Waals surface area contributed by atoms with Gasteiger partial charge in [-0.3, -0.25) is 14.9 Å². The number of nitrogens with two attached hydrogens (primary N) is 1. The van der Waals surface area contributed by atoms with Gasteiger partial charge >= 0.3 is 0 Å². The first-order valence-electron chi connectivity index (χ1n) is 8.56. The fourth-order valence-electron chi connectivity index (χ4n) is 2.27. The quantitative estimate of drug-likeness (QED) is 0.383. The normalized spacial score (nSPS) is 10.2. The van der Waals surface area contributed by atoms with Gasteiger partial charge in [-0.05, 0) is 74.1 Å². The average molecular weight is 439 g/mol. The largest absolute Gasteiger partial charge is 0.332 e. The molecule has 2 aromatic carbocycles. The molecule has 0 saturated heterocycles. The van der Waals surface area contributed by atoms with E-state index in [1.807, 2.05) is 0 Å². The molecule has 0 bridgehead atoms. The number of unbranched alkanes of at least 4 members (excludes halogenated alkanes) is 1. The molecule has 9 heteroatoms. The number of hydrogen-bond donors (Lipinski definition) is 4. The van der Waals surface area contributed by atoms with Crippen LogP contribution in [0.2, 0.25) is 10.0 Å². The average Bonchev–Trinajstić information content (AvgIpc) is 2.65. The standard InChI is InChI=1S/C19H20Cl2N4O2S/c20-15-9-4-12(11-16(15)21)18(27)25-19(28)24-14-7-5-13(6-8-14)23-17(26)3-1-2-10-22/h4-9,11H,1-3,10,22H2,(H,23,26)(H2,24,25,27,28). The number of hydrogen-bond acceptors (Lipinski definition) is 4. The summed E-state index contributed by atoms with van der Waals surface area (Å²) >= 11 is 16.9. The van der Waals surface area contributed by atoms with Crippen LogP contribution in [0.1, 0.15) is 29.6 Å². The van der Waals surface area contributed by atoms with Gasteiger partial charge in [-0.25, -0.2) is 0 Å². The Morgan fingerprint density at radius 1 is 0.929 bits per heavy atom. The number of thiocarbonyl (C=S) groups is 1. The summed E-state index contributed by atoms with van der Waals surface area (Å²) in [6, 6.07) is 11.5. The van der Waals surface area contributed by atoms with E-state index < -0.39 is 5.91 Å². The number of carbonyl (C=O) groups excluding carboxylic acids is 2. The summed E-state index contributed by atoms with van der Waals surface area (Å²) in [4.78, 5) is 24.0. The number of carbonyl (C=O) groups is 2. The van der Waals surface area contributed by atoms with Crippen molar-refractivity contribution in [3.63, 3.8) is 0 Å². The maximum atomic E-state index is 12.2. The van der Waals surface area contributed by atoms with E-state index >= 15 is 0 Å². The Labute approximate surface area is 178 Å². The van der Waals surface area contributed by atoms with Crippen LogP contribution in [0.3, 0.4) is 0 Å². The Balaban J connectivity index is 1.85. The summed E-state index contributed by atoms with van der Waals surface area (Å²) in [7, 11) is 0. The lowest BCUT2D eigenvalue weighted by Crippen LogP contribution is -2.34. The van der Waals surface area contributed by atoms with E-state index in [1.54, 1.807) is 36.4 Å². The van der Waals surface area contributed by atoms with E-state index in [9.17, 15) is 9.59 Å². The van der Waals surface area contributed by atoms with Crippen molar-refractivity contribution in [1.29, 1.82) is 0 Å². The van der Waals surface area contributed by atoms with Crippen molar-refractivity contribution in [2.24, 2.45) is 5.73 Å². The van der Waals surface area contributed by atoms with Gasteiger partial charge in [0, 0.05) is 23.4 Å². The third-order valence-electron chi connectivity index (χ3n) is 3.69. The minimum atomic E-state index is -0.405. The number of amides is 2. The second kappa shape index (κ2) is 11.0. The molecule has 0 saturated carbocycles. The highest BCUT2D eigenvalue weighted by molar-refractivity contribution is 7.80. The van der Waals surface area contributed by atoms with Crippen LogP contribution in [0, 0.1) is 0 Å². The Morgan fingerprint density at radius 2 is 1.57 bits per heavy atom. The molecule has 0 aliphatic rings. The Hall–Kier alpha value is -2.19. The molecule has 6 nitrogen and oxygen atoms in total. The van der Waals surface area contributed by atoms with Crippen molar-refractivity contribution in [2.75, 3.05) is 17.2 Å². The molecule has 0 heterocycles. The summed E-state index contributed by atoms with van der Waals surface area (Å²) in [5.41, 5.74) is 7.09. The summed E-state index contributed by atoms with van der Waals surface area (Å²) in [5.74, 6) is -0.462. The monoisotopic (exact) mass is 438 g/mol. The second-order valence-corrected chi connectivity index (χ2v) is 7.13. The lowest BCUT2D eigenvalue weighted by molar-refractivity contribution is -0.116. The molecular formula is C19H20Cl2N4O2S. The van der Waals surface area contributed by atoms with E-state index in [1.165, 1.54) is 6.07 Å². The van der Waals surface area contributed by atoms with Gasteiger partial charge in [0.15, 0.2) is 5.11 Å². The van der Waals surface area contributed by atoms with Crippen LogP contribution in [-0.4, -0.2) is 23.5 Å². The topological polar surface area (TPSA) is 96.2 Å². The molecular weight excluding hydrogens is 419 g/mol. The van der Waals surface area contributed by atoms with Crippen LogP contribution in [0.5, 0.6) is 0 Å². The zero-order valence-corrected chi connectivity index (χ0v) is 17.3. The van der Waals surface area contributed by atoms with Crippen molar-refractivity contribution >= 4 is 63.7 Å². The molecule has 0 atom stereocenters. The van der Waals surface area contributed by atoms with E-state index in [0.29, 0.717) is 34.9 Å². The van der Waals surface area contributed by atoms with Crippen molar-refractivity contribution in [1.82, 2.24) is 5.32 Å². The molecule has 0 radical (unpaired) electrons. The molecule has 2 rings (SSSR count). The van der Waals surface area contributed by atoms with Gasteiger partial charge in [0.1, 0.15) is 0 Å². The third-order valence-corrected chi connectivity index (χ3v) is 4.64. The second-order valence-electron chi connectivity index (χ2n) is 5.91. The van der Waals surface area contributed by atoms with Crippen LogP contribution < -0.4 is 21.7 Å². The molecule has 0 fully saturated rings. The highest BCUT2D eigenvalue weighted by Gasteiger charge is 2.10. The molecule has 0 aliphatic heterocycles. The molecule has 2 aromatic rings. The van der Waals surface area contributed by atoms with E-state index in [-0.39, 0.29) is 16.0 Å². The SMILES string of the molecule is NCCCCC(=O)Nc1ccc(NC(=S)NC(=O)c2ccc(Cl)c(Cl)c2)cc1. The van der Waals surface area contributed by atoms with Gasteiger partial charge in [0.05, 0.1) is 10.0 Å². The van der Waals surface area contributed by atoms with Crippen LogP contribution in [0.15, 0.2) is 42.5 Å². The fraction of sp³-hybridized carbons (Fsp3) is 0.211. The van der Waals surface area contributed by atoms with Crippen LogP contribution in [0.4, 0.5) is 11.4 Å². The zero-order valence-electron chi connectivity index (χ0n) is 14.9. The van der Waals surface area contributed by atoms with Gasteiger partial charge in [-0.1, -0.05) is 23.2 Å². The zero-order chi connectivity index (χ0) is 20.5. The number of anilines is 2. The van der Waals surface area contributed by atoms with E-state index in [4.69, 9.17) is 41.2 Å². The van der Waals surface area contributed by atoms with Gasteiger partial charge in [-0.15, -0.1) is 0 Å². The lowest BCUT2D eigenvalue weighted by Gasteiger charge is -2.11. The number of halogens is 2. The van der Waals surface area contributed by atoms with Crippen molar-refractivity contribution in [2.45, 2.75) is 19.3 Å². The van der Waals surface area contributed by atoms with Gasteiger partial charge < -0.3 is 16.4 Å². The first-order chi connectivity index (χ1) is 13.4. The number of nitrogens with one attached hydrogen (secondary N) is 3. The first-order valence-corrected chi connectivity index (χ1v) is 9.73. The Bertz CT molecular complexity index is 860. The van der Waals surface area contributed by atoms with E-state index in [0.717, 1.165) is 12.8 Å². The summed E-state index contributed by atoms with van der Waals surface area (Å²) < 4.78 is 0. The maximum absolute atomic E-state index is 12.2. The molecule has 0 aromatic heterocycles.